The summed E-state index contributed by atoms with van der Waals surface area (Å²) in [6.45, 7) is 0.792. The van der Waals surface area contributed by atoms with Crippen molar-refractivity contribution >= 4 is 27.7 Å². The first-order valence-corrected chi connectivity index (χ1v) is 9.29. The molecule has 2 aliphatic heterocycles. The summed E-state index contributed by atoms with van der Waals surface area (Å²) in [6.07, 6.45) is 3.87. The highest BCUT2D eigenvalue weighted by Crippen LogP contribution is 2.43. The molecule has 0 saturated carbocycles. The zero-order valence-electron chi connectivity index (χ0n) is 11.6. The maximum atomic E-state index is 10.7. The van der Waals surface area contributed by atoms with Gasteiger partial charge >= 0.3 is 0 Å². The van der Waals surface area contributed by atoms with E-state index in [1.165, 1.54) is 11.5 Å². The number of rotatable bonds is 2. The number of aliphatic hydroxyl groups is 1. The van der Waals surface area contributed by atoms with Gasteiger partial charge in [-0.3, -0.25) is 0 Å². The average molecular weight is 357 g/mol. The lowest BCUT2D eigenvalue weighted by molar-refractivity contribution is -0.121. The fraction of sp³-hybridized carbons (Fsp3) is 0.625. The predicted molar refractivity (Wildman–Crippen MR) is 87.1 cm³/mol. The van der Waals surface area contributed by atoms with Crippen molar-refractivity contribution in [2.45, 2.75) is 37.4 Å². The normalized spacial score (nSPS) is 27.4. The minimum atomic E-state index is -0.372. The molecule has 2 unspecified atom stereocenters. The van der Waals surface area contributed by atoms with E-state index in [0.29, 0.717) is 5.92 Å². The number of hydrogen-bond donors (Lipinski definition) is 1. The Kier molecular flexibility index (Phi) is 4.75. The molecule has 2 atom stereocenters. The van der Waals surface area contributed by atoms with Gasteiger partial charge in [0.15, 0.2) is 0 Å². The van der Waals surface area contributed by atoms with Crippen molar-refractivity contribution in [2.75, 3.05) is 18.1 Å². The second kappa shape index (κ2) is 6.39. The van der Waals surface area contributed by atoms with Crippen LogP contribution >= 0.6 is 27.7 Å². The van der Waals surface area contributed by atoms with E-state index in [-0.39, 0.29) is 11.7 Å². The Hall–Kier alpha value is -0.0300. The molecule has 20 heavy (non-hydrogen) atoms. The first kappa shape index (κ1) is 14.9. The minimum absolute atomic E-state index is 0.0428. The molecule has 1 aromatic carbocycles. The van der Waals surface area contributed by atoms with Crippen molar-refractivity contribution < 1.29 is 9.84 Å². The number of hydrogen-bond acceptors (Lipinski definition) is 3. The SMILES string of the molecule is OC(c1cccc(Br)c1)C1CCOC2(CCSCC2)C1. The summed E-state index contributed by atoms with van der Waals surface area (Å²) in [7, 11) is 0. The van der Waals surface area contributed by atoms with Crippen LogP contribution in [0.1, 0.15) is 37.4 Å². The van der Waals surface area contributed by atoms with Gasteiger partial charge in [-0.1, -0.05) is 28.1 Å². The monoisotopic (exact) mass is 356 g/mol. The Morgan fingerprint density at radius 1 is 1.35 bits per heavy atom. The summed E-state index contributed by atoms with van der Waals surface area (Å²) in [6, 6.07) is 8.05. The Morgan fingerprint density at radius 2 is 2.15 bits per heavy atom. The lowest BCUT2D eigenvalue weighted by atomic mass is 9.78. The van der Waals surface area contributed by atoms with Crippen LogP contribution in [0.5, 0.6) is 0 Å². The number of ether oxygens (including phenoxy) is 1. The van der Waals surface area contributed by atoms with Gasteiger partial charge < -0.3 is 9.84 Å². The first-order valence-electron chi connectivity index (χ1n) is 7.34. The lowest BCUT2D eigenvalue weighted by Gasteiger charge is -2.44. The van der Waals surface area contributed by atoms with Gasteiger partial charge in [-0.05, 0) is 60.8 Å². The molecule has 0 aliphatic carbocycles. The highest BCUT2D eigenvalue weighted by molar-refractivity contribution is 9.10. The first-order chi connectivity index (χ1) is 9.69. The molecule has 0 aromatic heterocycles. The summed E-state index contributed by atoms with van der Waals surface area (Å²) in [5.74, 6) is 2.71. The lowest BCUT2D eigenvalue weighted by Crippen LogP contribution is -2.44. The Bertz CT molecular complexity index is 454. The van der Waals surface area contributed by atoms with E-state index in [1.807, 2.05) is 36.0 Å². The summed E-state index contributed by atoms with van der Waals surface area (Å²) in [5, 5.41) is 10.7. The van der Waals surface area contributed by atoms with Gasteiger partial charge in [0.05, 0.1) is 11.7 Å². The van der Waals surface area contributed by atoms with Crippen molar-refractivity contribution in [3.8, 4) is 0 Å². The van der Waals surface area contributed by atoms with Crippen LogP contribution < -0.4 is 0 Å². The van der Waals surface area contributed by atoms with Gasteiger partial charge in [0.2, 0.25) is 0 Å². The van der Waals surface area contributed by atoms with Crippen LogP contribution in [0.2, 0.25) is 0 Å². The van der Waals surface area contributed by atoms with Crippen molar-refractivity contribution in [3.63, 3.8) is 0 Å². The summed E-state index contributed by atoms with van der Waals surface area (Å²) in [4.78, 5) is 0. The van der Waals surface area contributed by atoms with Crippen molar-refractivity contribution in [3.05, 3.63) is 34.3 Å². The van der Waals surface area contributed by atoms with Crippen LogP contribution in [-0.4, -0.2) is 28.8 Å². The van der Waals surface area contributed by atoms with Gasteiger partial charge in [-0.2, -0.15) is 11.8 Å². The maximum absolute atomic E-state index is 10.7. The number of halogens is 1. The molecular formula is C16H21BrO2S. The molecule has 1 spiro atoms. The van der Waals surface area contributed by atoms with Crippen molar-refractivity contribution in [2.24, 2.45) is 5.92 Å². The van der Waals surface area contributed by atoms with Gasteiger partial charge in [0.25, 0.3) is 0 Å². The van der Waals surface area contributed by atoms with Gasteiger partial charge in [-0.15, -0.1) is 0 Å². The van der Waals surface area contributed by atoms with Crippen LogP contribution in [0, 0.1) is 5.92 Å². The van der Waals surface area contributed by atoms with E-state index >= 15 is 0 Å². The van der Waals surface area contributed by atoms with Crippen molar-refractivity contribution in [1.29, 1.82) is 0 Å². The molecule has 2 aliphatic rings. The Morgan fingerprint density at radius 3 is 2.90 bits per heavy atom. The average Bonchev–Trinajstić information content (AvgIpc) is 2.47. The fourth-order valence-electron chi connectivity index (χ4n) is 3.39. The van der Waals surface area contributed by atoms with Crippen molar-refractivity contribution in [1.82, 2.24) is 0 Å². The van der Waals surface area contributed by atoms with Gasteiger partial charge in [0.1, 0.15) is 0 Å². The van der Waals surface area contributed by atoms with Crippen LogP contribution in [-0.2, 0) is 4.74 Å². The maximum Gasteiger partial charge on any atom is 0.0820 e. The summed E-state index contributed by atoms with van der Waals surface area (Å²) >= 11 is 5.51. The molecule has 1 aromatic rings. The topological polar surface area (TPSA) is 29.5 Å². The standard InChI is InChI=1S/C16H21BrO2S/c17-14-3-1-2-12(10-14)15(18)13-4-7-19-16(11-13)5-8-20-9-6-16/h1-3,10,13,15,18H,4-9,11H2. The molecular weight excluding hydrogens is 336 g/mol. The van der Waals surface area contributed by atoms with E-state index in [9.17, 15) is 5.11 Å². The third kappa shape index (κ3) is 3.24. The largest absolute Gasteiger partial charge is 0.388 e. The molecule has 0 bridgehead atoms. The van der Waals surface area contributed by atoms with Crippen LogP contribution in [0.15, 0.2) is 28.7 Å². The number of benzene rings is 1. The molecule has 4 heteroatoms. The highest BCUT2D eigenvalue weighted by atomic mass is 79.9. The Balaban J connectivity index is 1.73. The molecule has 2 fully saturated rings. The Labute approximate surface area is 133 Å². The van der Waals surface area contributed by atoms with Gasteiger partial charge in [-0.25, -0.2) is 0 Å². The second-order valence-electron chi connectivity index (χ2n) is 5.90. The molecule has 2 saturated heterocycles. The molecule has 1 N–H and O–H groups in total. The molecule has 110 valence electrons. The smallest absolute Gasteiger partial charge is 0.0820 e. The second-order valence-corrected chi connectivity index (χ2v) is 8.04. The summed E-state index contributed by atoms with van der Waals surface area (Å²) < 4.78 is 7.15. The zero-order chi connectivity index (χ0) is 14.0. The molecule has 0 amide bonds. The minimum Gasteiger partial charge on any atom is -0.388 e. The van der Waals surface area contributed by atoms with E-state index in [0.717, 1.165) is 42.3 Å². The molecule has 2 heterocycles. The fourth-order valence-corrected chi connectivity index (χ4v) is 5.04. The molecule has 0 radical (unpaired) electrons. The van der Waals surface area contributed by atoms with Gasteiger partial charge in [0, 0.05) is 11.1 Å². The third-order valence-electron chi connectivity index (χ3n) is 4.57. The highest BCUT2D eigenvalue weighted by Gasteiger charge is 2.40. The third-order valence-corrected chi connectivity index (χ3v) is 6.05. The quantitative estimate of drug-likeness (QED) is 0.861. The van der Waals surface area contributed by atoms with E-state index < -0.39 is 0 Å². The molecule has 3 rings (SSSR count). The summed E-state index contributed by atoms with van der Waals surface area (Å²) in [5.41, 5.74) is 1.06. The van der Waals surface area contributed by atoms with Crippen LogP contribution in [0.25, 0.3) is 0 Å². The molecule has 2 nitrogen and oxygen atoms in total. The predicted octanol–water partition coefficient (Wildman–Crippen LogP) is 4.17. The van der Waals surface area contributed by atoms with Crippen LogP contribution in [0.4, 0.5) is 0 Å². The van der Waals surface area contributed by atoms with E-state index in [2.05, 4.69) is 15.9 Å². The van der Waals surface area contributed by atoms with E-state index in [4.69, 9.17) is 4.74 Å². The number of thioether (sulfide) groups is 1. The van der Waals surface area contributed by atoms with Crippen LogP contribution in [0.3, 0.4) is 0 Å². The van der Waals surface area contributed by atoms with E-state index in [1.54, 1.807) is 0 Å². The number of aliphatic hydroxyl groups excluding tert-OH is 1. The zero-order valence-corrected chi connectivity index (χ0v) is 14.0.